The first kappa shape index (κ1) is 17.0. The highest BCUT2D eigenvalue weighted by atomic mass is 19.3. The molecule has 0 spiro atoms. The minimum absolute atomic E-state index is 0.0795. The third-order valence-corrected chi connectivity index (χ3v) is 2.86. The molecule has 1 aromatic carbocycles. The smallest absolute Gasteiger partial charge is 0.263 e. The van der Waals surface area contributed by atoms with Crippen LogP contribution in [0.25, 0.3) is 0 Å². The van der Waals surface area contributed by atoms with Crippen molar-refractivity contribution < 1.29 is 18.3 Å². The summed E-state index contributed by atoms with van der Waals surface area (Å²) in [7, 11) is 1.65. The maximum atomic E-state index is 12.5. The molecule has 0 fully saturated rings. The Hall–Kier alpha value is -1.04. The lowest BCUT2D eigenvalue weighted by Crippen LogP contribution is -2.15. The number of nitrogens with one attached hydrogen (secondary N) is 1. The van der Waals surface area contributed by atoms with Crippen LogP contribution in [0.4, 0.5) is 8.78 Å². The number of benzene rings is 1. The zero-order chi connectivity index (χ0) is 14.6. The van der Waals surface area contributed by atoms with Gasteiger partial charge in [0.05, 0.1) is 13.2 Å². The van der Waals surface area contributed by atoms with Gasteiger partial charge in [-0.1, -0.05) is 18.2 Å². The Morgan fingerprint density at radius 2 is 2.00 bits per heavy atom. The maximum absolute atomic E-state index is 12.5. The van der Waals surface area contributed by atoms with E-state index in [9.17, 15) is 8.78 Å². The second-order valence-corrected chi connectivity index (χ2v) is 4.53. The summed E-state index contributed by atoms with van der Waals surface area (Å²) in [4.78, 5) is 0. The van der Waals surface area contributed by atoms with E-state index >= 15 is 0 Å². The molecule has 3 nitrogen and oxygen atoms in total. The Labute approximate surface area is 119 Å². The van der Waals surface area contributed by atoms with E-state index in [4.69, 9.17) is 9.47 Å². The van der Waals surface area contributed by atoms with Crippen LogP contribution in [0.1, 0.15) is 30.4 Å². The van der Waals surface area contributed by atoms with Gasteiger partial charge in [-0.2, -0.15) is 0 Å². The van der Waals surface area contributed by atoms with Crippen LogP contribution in [0.5, 0.6) is 0 Å². The highest BCUT2D eigenvalue weighted by Crippen LogP contribution is 2.19. The van der Waals surface area contributed by atoms with Gasteiger partial charge in [-0.05, 0) is 31.0 Å². The molecule has 0 aliphatic rings. The van der Waals surface area contributed by atoms with E-state index in [2.05, 4.69) is 5.32 Å². The molecule has 1 aromatic rings. The predicted molar refractivity (Wildman–Crippen MR) is 75.0 cm³/mol. The fourth-order valence-electron chi connectivity index (χ4n) is 1.77. The topological polar surface area (TPSA) is 30.5 Å². The second kappa shape index (κ2) is 10.7. The van der Waals surface area contributed by atoms with Gasteiger partial charge in [-0.3, -0.25) is 0 Å². The Kier molecular flexibility index (Phi) is 9.11. The number of hydrogen-bond acceptors (Lipinski definition) is 3. The zero-order valence-corrected chi connectivity index (χ0v) is 11.9. The third-order valence-electron chi connectivity index (χ3n) is 2.86. The summed E-state index contributed by atoms with van der Waals surface area (Å²) in [5.41, 5.74) is 0.968. The monoisotopic (exact) mass is 287 g/mol. The molecule has 0 unspecified atom stereocenters. The molecule has 1 rings (SSSR count). The van der Waals surface area contributed by atoms with Gasteiger partial charge < -0.3 is 14.8 Å². The van der Waals surface area contributed by atoms with E-state index < -0.39 is 6.43 Å². The molecule has 0 atom stereocenters. The van der Waals surface area contributed by atoms with Gasteiger partial charge in [0.1, 0.15) is 0 Å². The molecule has 0 heterocycles. The first-order valence-electron chi connectivity index (χ1n) is 6.88. The molecule has 0 aromatic heterocycles. The van der Waals surface area contributed by atoms with Crippen molar-refractivity contribution in [2.75, 3.05) is 33.5 Å². The fraction of sp³-hybridized carbons (Fsp3) is 0.600. The largest absolute Gasteiger partial charge is 0.382 e. The van der Waals surface area contributed by atoms with Crippen LogP contribution in [0.3, 0.4) is 0 Å². The SMILES string of the molecule is COCCOCCCCNCc1cccc(C(F)F)c1. The number of alkyl halides is 2. The van der Waals surface area contributed by atoms with Crippen molar-refractivity contribution in [2.45, 2.75) is 25.8 Å². The Morgan fingerprint density at radius 3 is 2.75 bits per heavy atom. The number of halogens is 2. The Morgan fingerprint density at radius 1 is 1.15 bits per heavy atom. The van der Waals surface area contributed by atoms with E-state index in [-0.39, 0.29) is 5.56 Å². The lowest BCUT2D eigenvalue weighted by molar-refractivity contribution is 0.0688. The van der Waals surface area contributed by atoms with E-state index in [0.717, 1.165) is 31.6 Å². The third kappa shape index (κ3) is 7.53. The van der Waals surface area contributed by atoms with E-state index in [1.54, 1.807) is 19.2 Å². The van der Waals surface area contributed by atoms with Crippen molar-refractivity contribution in [2.24, 2.45) is 0 Å². The molecule has 0 amide bonds. The minimum atomic E-state index is -2.40. The van der Waals surface area contributed by atoms with Crippen LogP contribution in [0, 0.1) is 0 Å². The summed E-state index contributed by atoms with van der Waals surface area (Å²) >= 11 is 0. The molecule has 0 saturated carbocycles. The van der Waals surface area contributed by atoms with Crippen molar-refractivity contribution in [3.05, 3.63) is 35.4 Å². The summed E-state index contributed by atoms with van der Waals surface area (Å²) in [6, 6.07) is 6.52. The number of hydrogen-bond donors (Lipinski definition) is 1. The van der Waals surface area contributed by atoms with Gasteiger partial charge in [0.15, 0.2) is 0 Å². The van der Waals surface area contributed by atoms with Crippen LogP contribution in [0.15, 0.2) is 24.3 Å². The first-order chi connectivity index (χ1) is 9.74. The Balaban J connectivity index is 2.05. The van der Waals surface area contributed by atoms with Crippen molar-refractivity contribution in [1.29, 1.82) is 0 Å². The summed E-state index contributed by atoms with van der Waals surface area (Å²) in [5.74, 6) is 0. The molecular weight excluding hydrogens is 264 g/mol. The minimum Gasteiger partial charge on any atom is -0.382 e. The van der Waals surface area contributed by atoms with Gasteiger partial charge in [0.2, 0.25) is 0 Å². The Bertz CT molecular complexity index is 361. The highest BCUT2D eigenvalue weighted by molar-refractivity contribution is 5.24. The van der Waals surface area contributed by atoms with Gasteiger partial charge in [-0.25, -0.2) is 8.78 Å². The molecule has 5 heteroatoms. The van der Waals surface area contributed by atoms with Gasteiger partial charge in [0.25, 0.3) is 6.43 Å². The quantitative estimate of drug-likeness (QED) is 0.634. The maximum Gasteiger partial charge on any atom is 0.263 e. The summed E-state index contributed by atoms with van der Waals surface area (Å²) in [5, 5.41) is 3.24. The summed E-state index contributed by atoms with van der Waals surface area (Å²) in [6.07, 6.45) is -0.422. The van der Waals surface area contributed by atoms with E-state index in [1.807, 2.05) is 6.07 Å². The molecule has 0 aliphatic carbocycles. The van der Waals surface area contributed by atoms with Crippen LogP contribution >= 0.6 is 0 Å². The van der Waals surface area contributed by atoms with Crippen molar-refractivity contribution in [3.8, 4) is 0 Å². The van der Waals surface area contributed by atoms with Crippen LogP contribution in [-0.2, 0) is 16.0 Å². The number of methoxy groups -OCH3 is 1. The molecule has 1 N–H and O–H groups in total. The lowest BCUT2D eigenvalue weighted by Gasteiger charge is -2.07. The number of ether oxygens (including phenoxy) is 2. The van der Waals surface area contributed by atoms with Crippen molar-refractivity contribution in [1.82, 2.24) is 5.32 Å². The van der Waals surface area contributed by atoms with Crippen LogP contribution in [0.2, 0.25) is 0 Å². The summed E-state index contributed by atoms with van der Waals surface area (Å²) in [6.45, 7) is 3.45. The molecule has 0 bridgehead atoms. The molecule has 0 radical (unpaired) electrons. The normalized spacial score (nSPS) is 11.2. The average Bonchev–Trinajstić information content (AvgIpc) is 2.46. The average molecular weight is 287 g/mol. The predicted octanol–water partition coefficient (Wildman–Crippen LogP) is 3.16. The van der Waals surface area contributed by atoms with Gasteiger partial charge in [0, 0.05) is 25.8 Å². The fourth-order valence-corrected chi connectivity index (χ4v) is 1.77. The molecule has 0 aliphatic heterocycles. The van der Waals surface area contributed by atoms with E-state index in [0.29, 0.717) is 19.8 Å². The van der Waals surface area contributed by atoms with Crippen LogP contribution in [-0.4, -0.2) is 33.5 Å². The van der Waals surface area contributed by atoms with Crippen LogP contribution < -0.4 is 5.32 Å². The number of rotatable bonds is 11. The molecule has 20 heavy (non-hydrogen) atoms. The number of unbranched alkanes of at least 4 members (excludes halogenated alkanes) is 1. The first-order valence-corrected chi connectivity index (χ1v) is 6.88. The van der Waals surface area contributed by atoms with Crippen molar-refractivity contribution >= 4 is 0 Å². The molecular formula is C15H23F2NO2. The zero-order valence-electron chi connectivity index (χ0n) is 11.9. The van der Waals surface area contributed by atoms with Crippen molar-refractivity contribution in [3.63, 3.8) is 0 Å². The second-order valence-electron chi connectivity index (χ2n) is 4.53. The lowest BCUT2D eigenvalue weighted by atomic mass is 10.1. The van der Waals surface area contributed by atoms with Gasteiger partial charge in [-0.15, -0.1) is 0 Å². The van der Waals surface area contributed by atoms with Gasteiger partial charge >= 0.3 is 0 Å². The highest BCUT2D eigenvalue weighted by Gasteiger charge is 2.06. The molecule has 0 saturated heterocycles. The molecule has 114 valence electrons. The van der Waals surface area contributed by atoms with E-state index in [1.165, 1.54) is 6.07 Å². The standard InChI is InChI=1S/C15H23F2NO2/c1-19-9-10-20-8-3-2-7-18-12-13-5-4-6-14(11-13)15(16)17/h4-6,11,15,18H,2-3,7-10,12H2,1H3. The summed E-state index contributed by atoms with van der Waals surface area (Å²) < 4.78 is 35.3.